The molecule has 1 atom stereocenters. The molecule has 3 heterocycles. The van der Waals surface area contributed by atoms with E-state index in [-0.39, 0.29) is 5.78 Å². The fourth-order valence-corrected chi connectivity index (χ4v) is 4.18. The van der Waals surface area contributed by atoms with E-state index in [1.54, 1.807) is 20.0 Å². The lowest BCUT2D eigenvalue weighted by atomic mass is 10.0. The number of hydrogen-bond donors (Lipinski definition) is 1. The highest BCUT2D eigenvalue weighted by atomic mass is 32.1. The quantitative estimate of drug-likeness (QED) is 0.383. The lowest BCUT2D eigenvalue weighted by molar-refractivity contribution is 0.0323. The van der Waals surface area contributed by atoms with E-state index < -0.39 is 12.1 Å². The van der Waals surface area contributed by atoms with Crippen molar-refractivity contribution in [1.82, 2.24) is 15.0 Å². The zero-order valence-corrected chi connectivity index (χ0v) is 17.0. The van der Waals surface area contributed by atoms with Gasteiger partial charge in [0.15, 0.2) is 6.10 Å². The van der Waals surface area contributed by atoms with Crippen LogP contribution in [0, 0.1) is 13.8 Å². The molecule has 0 fully saturated rings. The smallest absolute Gasteiger partial charge is 0.350 e. The van der Waals surface area contributed by atoms with Crippen LogP contribution in [0.4, 0.5) is 0 Å². The summed E-state index contributed by atoms with van der Waals surface area (Å²) in [5.74, 6) is -0.791. The molecule has 3 aromatic heterocycles. The van der Waals surface area contributed by atoms with Crippen LogP contribution in [-0.2, 0) is 4.74 Å². The molecule has 0 bridgehead atoms. The SMILES string of the molecule is Cc1nc(-c2ccccn2)sc1C(=O)O[C@H](C)C(=O)c1c(C)[nH]c2ccccc12. The standard InChI is InChI=1S/C22H19N3O3S/c1-12-18(15-8-4-5-9-16(15)24-12)19(26)14(3)28-22(27)20-13(2)25-21(29-20)17-10-6-7-11-23-17/h4-11,14,24H,1-3H3/t14-/m1/s1. The Kier molecular flexibility index (Phi) is 4.98. The van der Waals surface area contributed by atoms with Gasteiger partial charge in [-0.05, 0) is 39.0 Å². The Labute approximate surface area is 171 Å². The molecule has 1 N–H and O–H groups in total. The average Bonchev–Trinajstić information content (AvgIpc) is 3.27. The van der Waals surface area contributed by atoms with Gasteiger partial charge in [0.05, 0.1) is 11.4 Å². The van der Waals surface area contributed by atoms with Crippen molar-refractivity contribution in [2.75, 3.05) is 0 Å². The average molecular weight is 405 g/mol. The van der Waals surface area contributed by atoms with E-state index >= 15 is 0 Å². The number of nitrogens with one attached hydrogen (secondary N) is 1. The van der Waals surface area contributed by atoms with Gasteiger partial charge in [-0.3, -0.25) is 9.78 Å². The monoisotopic (exact) mass is 405 g/mol. The maximum atomic E-state index is 13.0. The number of Topliss-reactive ketones (excluding diaryl/α,β-unsaturated/α-hetero) is 1. The molecule has 0 amide bonds. The first kappa shape index (κ1) is 19.0. The minimum absolute atomic E-state index is 0.236. The van der Waals surface area contributed by atoms with Crippen LogP contribution in [0.3, 0.4) is 0 Å². The van der Waals surface area contributed by atoms with Crippen LogP contribution in [0.5, 0.6) is 0 Å². The second-order valence-electron chi connectivity index (χ2n) is 6.73. The Morgan fingerprint density at radius 2 is 1.86 bits per heavy atom. The van der Waals surface area contributed by atoms with Crippen LogP contribution in [0.2, 0.25) is 0 Å². The van der Waals surface area contributed by atoms with E-state index in [2.05, 4.69) is 15.0 Å². The molecule has 7 heteroatoms. The predicted molar refractivity (Wildman–Crippen MR) is 112 cm³/mol. The maximum absolute atomic E-state index is 13.0. The predicted octanol–water partition coefficient (Wildman–Crippen LogP) is 4.73. The topological polar surface area (TPSA) is 84.9 Å². The Hall–Kier alpha value is -3.32. The number of ketones is 1. The lowest BCUT2D eigenvalue weighted by Gasteiger charge is -2.12. The van der Waals surface area contributed by atoms with Crippen molar-refractivity contribution in [2.45, 2.75) is 26.9 Å². The number of thiazole rings is 1. The Morgan fingerprint density at radius 1 is 1.10 bits per heavy atom. The first-order chi connectivity index (χ1) is 14.0. The molecule has 0 saturated carbocycles. The van der Waals surface area contributed by atoms with Crippen molar-refractivity contribution in [3.05, 3.63) is 70.5 Å². The Bertz CT molecular complexity index is 1210. The molecule has 0 radical (unpaired) electrons. The number of rotatable bonds is 5. The summed E-state index contributed by atoms with van der Waals surface area (Å²) in [4.78, 5) is 38.0. The summed E-state index contributed by atoms with van der Waals surface area (Å²) in [6.45, 7) is 5.18. The number of fused-ring (bicyclic) bond motifs is 1. The minimum atomic E-state index is -0.916. The van der Waals surface area contributed by atoms with Gasteiger partial charge in [-0.1, -0.05) is 24.3 Å². The summed E-state index contributed by atoms with van der Waals surface area (Å²) in [6, 6.07) is 13.1. The molecule has 146 valence electrons. The van der Waals surface area contributed by atoms with Crippen molar-refractivity contribution in [1.29, 1.82) is 0 Å². The number of nitrogens with zero attached hydrogens (tertiary/aromatic N) is 2. The van der Waals surface area contributed by atoms with Crippen molar-refractivity contribution in [2.24, 2.45) is 0 Å². The number of aryl methyl sites for hydroxylation is 2. The highest BCUT2D eigenvalue weighted by molar-refractivity contribution is 7.17. The number of aromatic nitrogens is 3. The van der Waals surface area contributed by atoms with E-state index in [0.717, 1.165) is 16.6 Å². The molecule has 4 aromatic rings. The molecule has 1 aromatic carbocycles. The number of para-hydroxylation sites is 1. The van der Waals surface area contributed by atoms with Crippen LogP contribution in [0.1, 0.15) is 38.3 Å². The van der Waals surface area contributed by atoms with E-state index in [4.69, 9.17) is 4.74 Å². The van der Waals surface area contributed by atoms with E-state index in [0.29, 0.717) is 26.8 Å². The first-order valence-corrected chi connectivity index (χ1v) is 9.98. The number of H-pyrrole nitrogens is 1. The molecular formula is C22H19N3O3S. The normalized spacial score (nSPS) is 12.1. The third kappa shape index (κ3) is 3.56. The van der Waals surface area contributed by atoms with Gasteiger partial charge in [0.2, 0.25) is 5.78 Å². The Balaban J connectivity index is 1.56. The van der Waals surface area contributed by atoms with Crippen LogP contribution < -0.4 is 0 Å². The molecular weight excluding hydrogens is 386 g/mol. The van der Waals surface area contributed by atoms with Gasteiger partial charge < -0.3 is 9.72 Å². The van der Waals surface area contributed by atoms with E-state index in [1.165, 1.54) is 11.3 Å². The third-order valence-electron chi connectivity index (χ3n) is 4.66. The molecule has 0 unspecified atom stereocenters. The number of pyridine rings is 1. The van der Waals surface area contributed by atoms with Gasteiger partial charge in [-0.2, -0.15) is 0 Å². The molecule has 0 saturated heterocycles. The summed E-state index contributed by atoms with van der Waals surface area (Å²) in [5.41, 5.74) is 3.44. The zero-order chi connectivity index (χ0) is 20.5. The lowest BCUT2D eigenvalue weighted by Crippen LogP contribution is -2.24. The van der Waals surface area contributed by atoms with Crippen LogP contribution in [0.15, 0.2) is 48.7 Å². The van der Waals surface area contributed by atoms with Crippen LogP contribution in [0.25, 0.3) is 21.6 Å². The zero-order valence-electron chi connectivity index (χ0n) is 16.2. The number of benzene rings is 1. The first-order valence-electron chi connectivity index (χ1n) is 9.17. The minimum Gasteiger partial charge on any atom is -0.450 e. The van der Waals surface area contributed by atoms with Crippen molar-refractivity contribution in [3.63, 3.8) is 0 Å². The van der Waals surface area contributed by atoms with Crippen molar-refractivity contribution in [3.8, 4) is 10.7 Å². The molecule has 6 nitrogen and oxygen atoms in total. The van der Waals surface area contributed by atoms with Gasteiger partial charge in [0.25, 0.3) is 0 Å². The third-order valence-corrected chi connectivity index (χ3v) is 5.82. The molecule has 4 rings (SSSR count). The highest BCUT2D eigenvalue weighted by Crippen LogP contribution is 2.28. The van der Waals surface area contributed by atoms with Crippen molar-refractivity contribution < 1.29 is 14.3 Å². The molecule has 0 aliphatic carbocycles. The Morgan fingerprint density at radius 3 is 2.62 bits per heavy atom. The van der Waals surface area contributed by atoms with Gasteiger partial charge in [0.1, 0.15) is 9.88 Å². The van der Waals surface area contributed by atoms with Gasteiger partial charge in [0, 0.05) is 28.4 Å². The van der Waals surface area contributed by atoms with Crippen molar-refractivity contribution >= 4 is 34.0 Å². The van der Waals surface area contributed by atoms with Crippen LogP contribution >= 0.6 is 11.3 Å². The number of aromatic amines is 1. The number of esters is 1. The number of hydrogen-bond acceptors (Lipinski definition) is 6. The summed E-state index contributed by atoms with van der Waals surface area (Å²) >= 11 is 1.21. The molecule has 0 aliphatic rings. The van der Waals surface area contributed by atoms with E-state index in [1.807, 2.05) is 49.4 Å². The molecule has 0 spiro atoms. The largest absolute Gasteiger partial charge is 0.450 e. The number of ether oxygens (including phenoxy) is 1. The maximum Gasteiger partial charge on any atom is 0.350 e. The fourth-order valence-electron chi connectivity index (χ4n) is 3.25. The number of carbonyl (C=O) groups is 2. The van der Waals surface area contributed by atoms with E-state index in [9.17, 15) is 9.59 Å². The summed E-state index contributed by atoms with van der Waals surface area (Å²) < 4.78 is 5.50. The van der Waals surface area contributed by atoms with Gasteiger partial charge in [-0.15, -0.1) is 11.3 Å². The van der Waals surface area contributed by atoms with Gasteiger partial charge >= 0.3 is 5.97 Å². The summed E-state index contributed by atoms with van der Waals surface area (Å²) in [5, 5.41) is 1.46. The second-order valence-corrected chi connectivity index (χ2v) is 7.73. The molecule has 29 heavy (non-hydrogen) atoms. The highest BCUT2D eigenvalue weighted by Gasteiger charge is 2.27. The second kappa shape index (κ2) is 7.60. The van der Waals surface area contributed by atoms with Gasteiger partial charge in [-0.25, -0.2) is 9.78 Å². The fraction of sp³-hybridized carbons (Fsp3) is 0.182. The summed E-state index contributed by atoms with van der Waals surface area (Å²) in [7, 11) is 0. The number of carbonyl (C=O) groups excluding carboxylic acids is 2. The molecule has 0 aliphatic heterocycles. The van der Waals surface area contributed by atoms with Crippen LogP contribution in [-0.4, -0.2) is 32.8 Å². The summed E-state index contributed by atoms with van der Waals surface area (Å²) in [6.07, 6.45) is 0.758.